The van der Waals surface area contributed by atoms with Crippen LogP contribution in [-0.2, 0) is 16.6 Å². The zero-order valence-corrected chi connectivity index (χ0v) is 13.2. The number of benzene rings is 1. The van der Waals surface area contributed by atoms with Gasteiger partial charge in [-0.05, 0) is 37.6 Å². The van der Waals surface area contributed by atoms with Crippen molar-refractivity contribution in [3.63, 3.8) is 0 Å². The summed E-state index contributed by atoms with van der Waals surface area (Å²) in [6.07, 6.45) is 0. The fraction of sp³-hybridized carbons (Fsp3) is 0.231. The van der Waals surface area contributed by atoms with Gasteiger partial charge in [-0.1, -0.05) is 17.7 Å². The fourth-order valence-corrected chi connectivity index (χ4v) is 3.10. The maximum atomic E-state index is 12.3. The minimum absolute atomic E-state index is 0.0338. The van der Waals surface area contributed by atoms with Crippen molar-refractivity contribution in [2.24, 2.45) is 5.73 Å². The molecule has 0 saturated heterocycles. The molecule has 0 bridgehead atoms. The van der Waals surface area contributed by atoms with E-state index in [2.05, 4.69) is 14.7 Å². The molecule has 0 unspecified atom stereocenters. The second kappa shape index (κ2) is 5.97. The van der Waals surface area contributed by atoms with Gasteiger partial charge in [0.2, 0.25) is 5.95 Å². The van der Waals surface area contributed by atoms with Crippen molar-refractivity contribution in [3.8, 4) is 0 Å². The molecule has 2 aromatic rings. The summed E-state index contributed by atoms with van der Waals surface area (Å²) in [7, 11) is -3.79. The first-order valence-electron chi connectivity index (χ1n) is 6.15. The topological polar surface area (TPSA) is 98.0 Å². The second-order valence-corrected chi connectivity index (χ2v) is 6.63. The number of hydrogen-bond acceptors (Lipinski definition) is 5. The molecule has 21 heavy (non-hydrogen) atoms. The third-order valence-corrected chi connectivity index (χ3v) is 4.44. The number of aromatic nitrogens is 2. The Morgan fingerprint density at radius 2 is 1.81 bits per heavy atom. The molecule has 0 aliphatic heterocycles. The van der Waals surface area contributed by atoms with E-state index in [1.165, 1.54) is 12.1 Å². The van der Waals surface area contributed by atoms with Gasteiger partial charge >= 0.3 is 0 Å². The van der Waals surface area contributed by atoms with E-state index in [4.69, 9.17) is 17.3 Å². The third-order valence-electron chi connectivity index (χ3n) is 2.76. The van der Waals surface area contributed by atoms with Crippen LogP contribution in [0.25, 0.3) is 0 Å². The molecule has 0 radical (unpaired) electrons. The van der Waals surface area contributed by atoms with E-state index in [1.807, 2.05) is 0 Å². The summed E-state index contributed by atoms with van der Waals surface area (Å²) >= 11 is 5.99. The lowest BCUT2D eigenvalue weighted by Gasteiger charge is -2.09. The number of halogens is 1. The molecule has 0 amide bonds. The second-order valence-electron chi connectivity index (χ2n) is 4.54. The van der Waals surface area contributed by atoms with E-state index in [0.717, 1.165) is 0 Å². The monoisotopic (exact) mass is 326 g/mol. The molecule has 3 N–H and O–H groups in total. The number of anilines is 1. The van der Waals surface area contributed by atoms with Crippen LogP contribution >= 0.6 is 11.6 Å². The molecule has 0 aliphatic rings. The van der Waals surface area contributed by atoms with Crippen molar-refractivity contribution in [2.45, 2.75) is 25.3 Å². The minimum atomic E-state index is -3.79. The van der Waals surface area contributed by atoms with Crippen molar-refractivity contribution in [3.05, 3.63) is 46.2 Å². The minimum Gasteiger partial charge on any atom is -0.326 e. The molecule has 0 fully saturated rings. The van der Waals surface area contributed by atoms with Gasteiger partial charge in [-0.25, -0.2) is 23.1 Å². The molecular weight excluding hydrogens is 312 g/mol. The van der Waals surface area contributed by atoms with E-state index in [9.17, 15) is 8.42 Å². The van der Waals surface area contributed by atoms with Crippen LogP contribution in [0, 0.1) is 13.8 Å². The third kappa shape index (κ3) is 3.69. The predicted molar refractivity (Wildman–Crippen MR) is 81.7 cm³/mol. The quantitative estimate of drug-likeness (QED) is 0.895. The van der Waals surface area contributed by atoms with Crippen molar-refractivity contribution in [2.75, 3.05) is 4.72 Å². The Morgan fingerprint density at radius 3 is 2.33 bits per heavy atom. The number of sulfonamides is 1. The smallest absolute Gasteiger partial charge is 0.264 e. The molecule has 0 spiro atoms. The zero-order valence-electron chi connectivity index (χ0n) is 11.6. The molecule has 0 saturated carbocycles. The van der Waals surface area contributed by atoms with Gasteiger partial charge in [0.15, 0.2) is 0 Å². The number of nitrogens with two attached hydrogens (primary N) is 1. The Hall–Kier alpha value is -1.70. The van der Waals surface area contributed by atoms with E-state index >= 15 is 0 Å². The molecule has 0 atom stereocenters. The number of rotatable bonds is 4. The first-order valence-corrected chi connectivity index (χ1v) is 8.01. The fourth-order valence-electron chi connectivity index (χ4n) is 1.81. The van der Waals surface area contributed by atoms with Gasteiger partial charge < -0.3 is 5.73 Å². The molecular formula is C13H15ClN4O2S. The lowest BCUT2D eigenvalue weighted by Crippen LogP contribution is -2.16. The Morgan fingerprint density at radius 1 is 1.19 bits per heavy atom. The largest absolute Gasteiger partial charge is 0.326 e. The van der Waals surface area contributed by atoms with E-state index < -0.39 is 10.0 Å². The number of hydrogen-bond donors (Lipinski definition) is 2. The van der Waals surface area contributed by atoms with Crippen LogP contribution in [-0.4, -0.2) is 18.4 Å². The van der Waals surface area contributed by atoms with Gasteiger partial charge in [0.1, 0.15) is 0 Å². The van der Waals surface area contributed by atoms with Crippen molar-refractivity contribution >= 4 is 27.6 Å². The van der Waals surface area contributed by atoms with Crippen molar-refractivity contribution in [1.29, 1.82) is 0 Å². The summed E-state index contributed by atoms with van der Waals surface area (Å²) in [6.45, 7) is 3.77. The van der Waals surface area contributed by atoms with E-state index in [1.54, 1.807) is 26.0 Å². The van der Waals surface area contributed by atoms with E-state index in [-0.39, 0.29) is 17.4 Å². The van der Waals surface area contributed by atoms with Gasteiger partial charge in [0, 0.05) is 23.0 Å². The molecule has 2 rings (SSSR count). The summed E-state index contributed by atoms with van der Waals surface area (Å²) in [5, 5.41) is 0.307. The van der Waals surface area contributed by atoms with Crippen molar-refractivity contribution in [1.82, 2.24) is 9.97 Å². The molecule has 8 heteroatoms. The SMILES string of the molecule is Cc1cc(C)nc(NS(=O)(=O)c2ccc(CN)c(Cl)c2)n1. The lowest BCUT2D eigenvalue weighted by atomic mass is 10.2. The normalized spacial score (nSPS) is 11.4. The summed E-state index contributed by atoms with van der Waals surface area (Å²) in [5.74, 6) is 0.0338. The van der Waals surface area contributed by atoms with Gasteiger partial charge in [0.25, 0.3) is 10.0 Å². The Balaban J connectivity index is 2.36. The highest BCUT2D eigenvalue weighted by atomic mass is 35.5. The molecule has 6 nitrogen and oxygen atoms in total. The standard InChI is InChI=1S/C13H15ClN4O2S/c1-8-5-9(2)17-13(16-8)18-21(19,20)11-4-3-10(7-15)12(14)6-11/h3-6H,7,15H2,1-2H3,(H,16,17,18). The lowest BCUT2D eigenvalue weighted by molar-refractivity contribution is 0.600. The molecule has 1 heterocycles. The summed E-state index contributed by atoms with van der Waals surface area (Å²) in [6, 6.07) is 6.14. The first kappa shape index (κ1) is 15.7. The van der Waals surface area contributed by atoms with Gasteiger partial charge in [-0.15, -0.1) is 0 Å². The maximum Gasteiger partial charge on any atom is 0.264 e. The van der Waals surface area contributed by atoms with Crippen LogP contribution in [0.5, 0.6) is 0 Å². The number of nitrogens with one attached hydrogen (secondary N) is 1. The number of aryl methyl sites for hydroxylation is 2. The highest BCUT2D eigenvalue weighted by Crippen LogP contribution is 2.21. The molecule has 1 aromatic heterocycles. The van der Waals surface area contributed by atoms with Gasteiger partial charge in [0.05, 0.1) is 4.90 Å². The summed E-state index contributed by atoms with van der Waals surface area (Å²) in [5.41, 5.74) is 7.53. The average molecular weight is 327 g/mol. The van der Waals surface area contributed by atoms with Crippen LogP contribution in [0.4, 0.5) is 5.95 Å². The Bertz CT molecular complexity index is 757. The van der Waals surface area contributed by atoms with Crippen LogP contribution in [0.1, 0.15) is 17.0 Å². The van der Waals surface area contributed by atoms with Gasteiger partial charge in [-0.3, -0.25) is 0 Å². The molecule has 0 aliphatic carbocycles. The van der Waals surface area contributed by atoms with Crippen LogP contribution < -0.4 is 10.5 Å². The summed E-state index contributed by atoms with van der Waals surface area (Å²) < 4.78 is 26.9. The van der Waals surface area contributed by atoms with Crippen LogP contribution in [0.3, 0.4) is 0 Å². The number of nitrogens with zero attached hydrogens (tertiary/aromatic N) is 2. The summed E-state index contributed by atoms with van der Waals surface area (Å²) in [4.78, 5) is 8.13. The first-order chi connectivity index (χ1) is 9.81. The Labute approximate surface area is 128 Å². The average Bonchev–Trinajstić information content (AvgIpc) is 2.36. The zero-order chi connectivity index (χ0) is 15.6. The van der Waals surface area contributed by atoms with Crippen LogP contribution in [0.2, 0.25) is 5.02 Å². The maximum absolute atomic E-state index is 12.3. The Kier molecular flexibility index (Phi) is 4.46. The van der Waals surface area contributed by atoms with Crippen LogP contribution in [0.15, 0.2) is 29.2 Å². The van der Waals surface area contributed by atoms with Gasteiger partial charge in [-0.2, -0.15) is 0 Å². The highest BCUT2D eigenvalue weighted by Gasteiger charge is 2.17. The predicted octanol–water partition coefficient (Wildman–Crippen LogP) is 2.01. The van der Waals surface area contributed by atoms with E-state index in [0.29, 0.717) is 22.0 Å². The molecule has 112 valence electrons. The van der Waals surface area contributed by atoms with Crippen molar-refractivity contribution < 1.29 is 8.42 Å². The molecule has 1 aromatic carbocycles. The highest BCUT2D eigenvalue weighted by molar-refractivity contribution is 7.92.